The number of amides is 1. The number of para-hydroxylation sites is 1. The fourth-order valence-electron chi connectivity index (χ4n) is 4.45. The van der Waals surface area contributed by atoms with Gasteiger partial charge in [-0.1, -0.05) is 30.3 Å². The van der Waals surface area contributed by atoms with Gasteiger partial charge in [0.15, 0.2) is 11.5 Å². The van der Waals surface area contributed by atoms with Gasteiger partial charge in [0.2, 0.25) is 5.91 Å². The van der Waals surface area contributed by atoms with Crippen molar-refractivity contribution in [2.45, 2.75) is 25.9 Å². The van der Waals surface area contributed by atoms with Crippen LogP contribution < -0.4 is 10.1 Å². The number of benzene rings is 2. The Morgan fingerprint density at radius 3 is 2.77 bits per heavy atom. The van der Waals surface area contributed by atoms with Gasteiger partial charge in [0.1, 0.15) is 30.3 Å². The predicted molar refractivity (Wildman–Crippen MR) is 125 cm³/mol. The molecule has 0 aliphatic carbocycles. The molecule has 1 atom stereocenters. The molecule has 10 heteroatoms. The van der Waals surface area contributed by atoms with E-state index in [2.05, 4.69) is 20.6 Å². The molecule has 0 spiro atoms. The van der Waals surface area contributed by atoms with E-state index < -0.39 is 0 Å². The summed E-state index contributed by atoms with van der Waals surface area (Å²) in [5.41, 5.74) is 4.04. The lowest BCUT2D eigenvalue weighted by molar-refractivity contribution is -0.116. The first-order chi connectivity index (χ1) is 17.1. The highest BCUT2D eigenvalue weighted by Gasteiger charge is 2.34. The van der Waals surface area contributed by atoms with Gasteiger partial charge in [-0.2, -0.15) is 14.3 Å². The van der Waals surface area contributed by atoms with E-state index in [-0.39, 0.29) is 30.7 Å². The molecule has 1 aliphatic rings. The van der Waals surface area contributed by atoms with Gasteiger partial charge in [-0.15, -0.1) is 15.3 Å². The first-order valence-electron chi connectivity index (χ1n) is 11.1. The number of anilines is 1. The van der Waals surface area contributed by atoms with Gasteiger partial charge in [0, 0.05) is 23.5 Å². The van der Waals surface area contributed by atoms with Crippen LogP contribution in [0.2, 0.25) is 0 Å². The van der Waals surface area contributed by atoms with E-state index in [1.54, 1.807) is 33.5 Å². The third-order valence-electron chi connectivity index (χ3n) is 6.07. The second-order valence-corrected chi connectivity index (χ2v) is 8.34. The van der Waals surface area contributed by atoms with Crippen molar-refractivity contribution in [1.82, 2.24) is 29.6 Å². The third-order valence-corrected chi connectivity index (χ3v) is 6.07. The summed E-state index contributed by atoms with van der Waals surface area (Å²) in [5, 5.41) is 20.1. The third kappa shape index (κ3) is 3.78. The molecule has 9 nitrogen and oxygen atoms in total. The van der Waals surface area contributed by atoms with E-state index in [4.69, 9.17) is 9.84 Å². The van der Waals surface area contributed by atoms with Crippen LogP contribution >= 0.6 is 0 Å². The van der Waals surface area contributed by atoms with E-state index >= 15 is 0 Å². The topological polar surface area (TPSA) is 99.2 Å². The predicted octanol–water partition coefficient (Wildman–Crippen LogP) is 3.81. The Hall–Kier alpha value is -4.60. The maximum atomic E-state index is 13.3. The molecule has 0 unspecified atom stereocenters. The minimum atomic E-state index is -0.291. The van der Waals surface area contributed by atoms with E-state index in [1.165, 1.54) is 18.5 Å². The molecule has 35 heavy (non-hydrogen) atoms. The van der Waals surface area contributed by atoms with Crippen LogP contribution in [0, 0.1) is 12.7 Å². The van der Waals surface area contributed by atoms with E-state index in [0.29, 0.717) is 23.0 Å². The molecule has 0 bridgehead atoms. The number of halogens is 1. The van der Waals surface area contributed by atoms with E-state index in [9.17, 15) is 9.18 Å². The number of nitrogens with one attached hydrogen (secondary N) is 1. The van der Waals surface area contributed by atoms with Crippen LogP contribution in [0.4, 0.5) is 10.2 Å². The van der Waals surface area contributed by atoms with Crippen LogP contribution in [-0.4, -0.2) is 35.5 Å². The molecule has 4 heterocycles. The van der Waals surface area contributed by atoms with E-state index in [1.807, 2.05) is 31.2 Å². The minimum absolute atomic E-state index is 0.123. The number of rotatable bonds is 5. The van der Waals surface area contributed by atoms with Crippen molar-refractivity contribution >= 4 is 17.4 Å². The lowest BCUT2D eigenvalue weighted by Crippen LogP contribution is -2.25. The number of hydrogen-bond donors (Lipinski definition) is 1. The van der Waals surface area contributed by atoms with Gasteiger partial charge in [-0.05, 0) is 42.8 Å². The van der Waals surface area contributed by atoms with Gasteiger partial charge in [0.25, 0.3) is 0 Å². The number of aryl methyl sites for hydroxylation is 1. The Kier molecular flexibility index (Phi) is 4.98. The standard InChI is InChI=1S/C25H20FN7O2/c1-15-24-19(18-4-2-3-5-20(18)35-13-16-6-8-17(26)9-7-16)12-23(34)28-25(24)33(30-15)22-11-10-21-29-27-14-32(21)31-22/h2-11,14,19H,12-13H2,1H3,(H,28,34)/t19-/m0/s1. The Bertz CT molecular complexity index is 1560. The fraction of sp³-hybridized carbons (Fsp3) is 0.160. The second kappa shape index (κ2) is 8.32. The molecular weight excluding hydrogens is 449 g/mol. The summed E-state index contributed by atoms with van der Waals surface area (Å²) in [7, 11) is 0. The quantitative estimate of drug-likeness (QED) is 0.420. The van der Waals surface area contributed by atoms with Crippen LogP contribution in [0.5, 0.6) is 5.75 Å². The number of aromatic nitrogens is 6. The monoisotopic (exact) mass is 469 g/mol. The molecule has 1 aliphatic heterocycles. The molecular formula is C25H20FN7O2. The molecule has 174 valence electrons. The van der Waals surface area contributed by atoms with E-state index in [0.717, 1.165) is 22.4 Å². The lowest BCUT2D eigenvalue weighted by Gasteiger charge is -2.26. The molecule has 0 fully saturated rings. The van der Waals surface area contributed by atoms with Gasteiger partial charge in [-0.3, -0.25) is 4.79 Å². The molecule has 0 saturated heterocycles. The first kappa shape index (κ1) is 21.0. The zero-order valence-electron chi connectivity index (χ0n) is 18.7. The highest BCUT2D eigenvalue weighted by Crippen LogP contribution is 2.43. The van der Waals surface area contributed by atoms with Crippen LogP contribution in [-0.2, 0) is 11.4 Å². The molecule has 1 N–H and O–H groups in total. The summed E-state index contributed by atoms with van der Waals surface area (Å²) in [6, 6.07) is 17.4. The first-order valence-corrected chi connectivity index (χ1v) is 11.1. The summed E-state index contributed by atoms with van der Waals surface area (Å²) >= 11 is 0. The number of nitrogens with zero attached hydrogens (tertiary/aromatic N) is 6. The minimum Gasteiger partial charge on any atom is -0.489 e. The van der Waals surface area contributed by atoms with Crippen LogP contribution in [0.15, 0.2) is 67.0 Å². The van der Waals surface area contributed by atoms with Crippen molar-refractivity contribution in [3.05, 3.63) is 95.2 Å². The van der Waals surface area contributed by atoms with Crippen LogP contribution in [0.1, 0.15) is 34.7 Å². The maximum absolute atomic E-state index is 13.3. The normalized spacial score (nSPS) is 15.1. The van der Waals surface area contributed by atoms with Gasteiger partial charge < -0.3 is 10.1 Å². The Morgan fingerprint density at radius 2 is 1.91 bits per heavy atom. The highest BCUT2D eigenvalue weighted by molar-refractivity contribution is 5.95. The summed E-state index contributed by atoms with van der Waals surface area (Å²) < 4.78 is 22.6. The van der Waals surface area contributed by atoms with Crippen molar-refractivity contribution in [2.75, 3.05) is 5.32 Å². The van der Waals surface area contributed by atoms with Crippen molar-refractivity contribution in [3.8, 4) is 11.6 Å². The molecule has 1 amide bonds. The van der Waals surface area contributed by atoms with Crippen LogP contribution in [0.3, 0.4) is 0 Å². The average molecular weight is 469 g/mol. The zero-order valence-corrected chi connectivity index (χ0v) is 18.7. The van der Waals surface area contributed by atoms with Crippen molar-refractivity contribution in [3.63, 3.8) is 0 Å². The van der Waals surface area contributed by atoms with Crippen molar-refractivity contribution in [2.24, 2.45) is 0 Å². The molecule has 0 saturated carbocycles. The molecule has 3 aromatic heterocycles. The Balaban J connectivity index is 1.39. The molecule has 2 aromatic carbocycles. The maximum Gasteiger partial charge on any atom is 0.226 e. The Morgan fingerprint density at radius 1 is 1.09 bits per heavy atom. The average Bonchev–Trinajstić information content (AvgIpc) is 3.47. The molecule has 6 rings (SSSR count). The molecule has 5 aromatic rings. The number of fused-ring (bicyclic) bond motifs is 2. The smallest absolute Gasteiger partial charge is 0.226 e. The van der Waals surface area contributed by atoms with Crippen molar-refractivity contribution < 1.29 is 13.9 Å². The van der Waals surface area contributed by atoms with Crippen molar-refractivity contribution in [1.29, 1.82) is 0 Å². The van der Waals surface area contributed by atoms with Gasteiger partial charge >= 0.3 is 0 Å². The number of carbonyl (C=O) groups is 1. The summed E-state index contributed by atoms with van der Waals surface area (Å²) in [5.74, 6) is 1.11. The zero-order chi connectivity index (χ0) is 23.9. The van der Waals surface area contributed by atoms with Gasteiger partial charge in [-0.25, -0.2) is 4.39 Å². The fourth-order valence-corrected chi connectivity index (χ4v) is 4.45. The number of carbonyl (C=O) groups excluding carboxylic acids is 1. The lowest BCUT2D eigenvalue weighted by atomic mass is 9.85. The van der Waals surface area contributed by atoms with Gasteiger partial charge in [0.05, 0.1) is 5.69 Å². The SMILES string of the molecule is Cc1nn(-c2ccc3nncn3n2)c2c1[C@H](c1ccccc1OCc1ccc(F)cc1)CC(=O)N2. The summed E-state index contributed by atoms with van der Waals surface area (Å²) in [4.78, 5) is 12.8. The summed E-state index contributed by atoms with van der Waals surface area (Å²) in [6.45, 7) is 2.20. The highest BCUT2D eigenvalue weighted by atomic mass is 19.1. The summed E-state index contributed by atoms with van der Waals surface area (Å²) in [6.07, 6.45) is 1.77. The second-order valence-electron chi connectivity index (χ2n) is 8.34. The largest absolute Gasteiger partial charge is 0.489 e. The molecule has 0 radical (unpaired) electrons. The Labute approximate surface area is 199 Å². The number of hydrogen-bond acceptors (Lipinski definition) is 6. The number of ether oxygens (including phenoxy) is 1. The van der Waals surface area contributed by atoms with Crippen LogP contribution in [0.25, 0.3) is 11.5 Å².